The molecule has 0 aliphatic heterocycles. The van der Waals surface area contributed by atoms with Gasteiger partial charge < -0.3 is 15.7 Å². The van der Waals surface area contributed by atoms with Crippen LogP contribution in [0.25, 0.3) is 0 Å². The highest BCUT2D eigenvalue weighted by molar-refractivity contribution is 7.80. The normalized spacial score (nSPS) is 11.1. The van der Waals surface area contributed by atoms with Crippen LogP contribution in [-0.2, 0) is 6.18 Å². The van der Waals surface area contributed by atoms with E-state index in [4.69, 9.17) is 17.3 Å². The predicted molar refractivity (Wildman–Crippen MR) is 60.5 cm³/mol. The van der Waals surface area contributed by atoms with Crippen LogP contribution in [0, 0.1) is 0 Å². The zero-order valence-corrected chi connectivity index (χ0v) is 9.40. The van der Waals surface area contributed by atoms with Gasteiger partial charge in [-0.3, -0.25) is 0 Å². The van der Waals surface area contributed by atoms with Crippen LogP contribution in [0.15, 0.2) is 18.3 Å². The molecule has 0 amide bonds. The fourth-order valence-electron chi connectivity index (χ4n) is 0.965. The Morgan fingerprint density at radius 3 is 2.59 bits per heavy atom. The van der Waals surface area contributed by atoms with Gasteiger partial charge in [0.25, 0.3) is 0 Å². The predicted octanol–water partition coefficient (Wildman–Crippen LogP) is 1.38. The molecule has 0 spiro atoms. The minimum absolute atomic E-state index is 0.0950. The molecule has 3 N–H and O–H groups in total. The van der Waals surface area contributed by atoms with Crippen LogP contribution in [0.1, 0.15) is 5.56 Å². The number of aromatic nitrogens is 1. The Hall–Kier alpha value is -1.41. The van der Waals surface area contributed by atoms with Crippen molar-refractivity contribution in [2.45, 2.75) is 6.18 Å². The van der Waals surface area contributed by atoms with Crippen LogP contribution in [-0.4, -0.2) is 28.4 Å². The fourth-order valence-corrected chi connectivity index (χ4v) is 1.17. The van der Waals surface area contributed by atoms with Gasteiger partial charge >= 0.3 is 6.18 Å². The molecule has 1 rings (SSSR count). The van der Waals surface area contributed by atoms with Gasteiger partial charge in [0.2, 0.25) is 0 Å². The fraction of sp³-hybridized carbons (Fsp3) is 0.333. The molecule has 0 fully saturated rings. The monoisotopic (exact) mass is 265 g/mol. The van der Waals surface area contributed by atoms with Crippen LogP contribution in [0.3, 0.4) is 0 Å². The van der Waals surface area contributed by atoms with Gasteiger partial charge in [-0.25, -0.2) is 4.98 Å². The molecule has 0 bridgehead atoms. The lowest BCUT2D eigenvalue weighted by Crippen LogP contribution is -2.31. The average molecular weight is 265 g/mol. The van der Waals surface area contributed by atoms with Crippen molar-refractivity contribution in [3.63, 3.8) is 0 Å². The van der Waals surface area contributed by atoms with E-state index in [9.17, 15) is 13.2 Å². The van der Waals surface area contributed by atoms with Crippen molar-refractivity contribution in [3.8, 4) is 0 Å². The minimum Gasteiger partial charge on any atom is -0.395 e. The number of nitrogens with zero attached hydrogens (tertiary/aromatic N) is 1. The third kappa shape index (κ3) is 4.53. The number of hydrogen-bond donors (Lipinski definition) is 3. The number of alkyl halides is 3. The SMILES string of the molecule is OCCNC(=S)Nc1ccc(C(F)(F)F)cn1. The van der Waals surface area contributed by atoms with Gasteiger partial charge in [-0.2, -0.15) is 13.2 Å². The molecule has 0 unspecified atom stereocenters. The van der Waals surface area contributed by atoms with Crippen LogP contribution in [0.5, 0.6) is 0 Å². The third-order valence-corrected chi connectivity index (χ3v) is 1.98. The van der Waals surface area contributed by atoms with Crippen molar-refractivity contribution in [1.29, 1.82) is 0 Å². The van der Waals surface area contributed by atoms with Gasteiger partial charge in [0.1, 0.15) is 5.82 Å². The third-order valence-electron chi connectivity index (χ3n) is 1.73. The Balaban J connectivity index is 2.60. The zero-order chi connectivity index (χ0) is 12.9. The van der Waals surface area contributed by atoms with E-state index in [-0.39, 0.29) is 24.1 Å². The summed E-state index contributed by atoms with van der Waals surface area (Å²) in [7, 11) is 0. The first kappa shape index (κ1) is 13.7. The first-order chi connectivity index (χ1) is 7.93. The van der Waals surface area contributed by atoms with Crippen LogP contribution in [0.2, 0.25) is 0 Å². The van der Waals surface area contributed by atoms with E-state index >= 15 is 0 Å². The number of anilines is 1. The molecule has 17 heavy (non-hydrogen) atoms. The van der Waals surface area contributed by atoms with E-state index < -0.39 is 11.7 Å². The molecule has 8 heteroatoms. The number of aliphatic hydroxyl groups is 1. The summed E-state index contributed by atoms with van der Waals surface area (Å²) in [4.78, 5) is 3.57. The molecular weight excluding hydrogens is 255 g/mol. The molecule has 0 atom stereocenters. The summed E-state index contributed by atoms with van der Waals surface area (Å²) in [6, 6.07) is 2.08. The smallest absolute Gasteiger partial charge is 0.395 e. The number of aliphatic hydroxyl groups excluding tert-OH is 1. The Morgan fingerprint density at radius 1 is 1.41 bits per heavy atom. The zero-order valence-electron chi connectivity index (χ0n) is 8.58. The molecule has 1 aromatic heterocycles. The van der Waals surface area contributed by atoms with Crippen molar-refractivity contribution >= 4 is 23.1 Å². The molecule has 0 aromatic carbocycles. The van der Waals surface area contributed by atoms with Crippen LogP contribution < -0.4 is 10.6 Å². The molecule has 0 aliphatic rings. The maximum atomic E-state index is 12.2. The Morgan fingerprint density at radius 2 is 2.12 bits per heavy atom. The van der Waals surface area contributed by atoms with E-state index in [2.05, 4.69) is 15.6 Å². The van der Waals surface area contributed by atoms with Gasteiger partial charge in [0, 0.05) is 12.7 Å². The number of hydrogen-bond acceptors (Lipinski definition) is 3. The Kier molecular flexibility index (Phi) is 4.64. The summed E-state index contributed by atoms with van der Waals surface area (Å²) < 4.78 is 36.7. The van der Waals surface area contributed by atoms with Gasteiger partial charge in [-0.1, -0.05) is 0 Å². The highest BCUT2D eigenvalue weighted by Gasteiger charge is 2.30. The Bertz CT molecular complexity index is 380. The molecule has 94 valence electrons. The molecule has 4 nitrogen and oxygen atoms in total. The molecule has 0 radical (unpaired) electrons. The second-order valence-corrected chi connectivity index (χ2v) is 3.44. The first-order valence-electron chi connectivity index (χ1n) is 4.62. The topological polar surface area (TPSA) is 57.2 Å². The summed E-state index contributed by atoms with van der Waals surface area (Å²) in [6.07, 6.45) is -3.68. The summed E-state index contributed by atoms with van der Waals surface area (Å²) in [6.45, 7) is 0.161. The summed E-state index contributed by atoms with van der Waals surface area (Å²) >= 11 is 4.81. The van der Waals surface area contributed by atoms with Crippen molar-refractivity contribution < 1.29 is 18.3 Å². The van der Waals surface area contributed by atoms with Crippen LogP contribution in [0.4, 0.5) is 19.0 Å². The largest absolute Gasteiger partial charge is 0.417 e. The maximum absolute atomic E-state index is 12.2. The van der Waals surface area contributed by atoms with Gasteiger partial charge in [0.05, 0.1) is 12.2 Å². The molecule has 1 heterocycles. The molecule has 1 aromatic rings. The number of pyridine rings is 1. The lowest BCUT2D eigenvalue weighted by Gasteiger charge is -2.10. The van der Waals surface area contributed by atoms with Crippen molar-refractivity contribution in [2.24, 2.45) is 0 Å². The quantitative estimate of drug-likeness (QED) is 0.721. The van der Waals surface area contributed by atoms with Gasteiger partial charge in [0.15, 0.2) is 5.11 Å². The summed E-state index contributed by atoms with van der Waals surface area (Å²) in [5, 5.41) is 13.9. The lowest BCUT2D eigenvalue weighted by molar-refractivity contribution is -0.137. The van der Waals surface area contributed by atoms with E-state index in [1.54, 1.807) is 0 Å². The second-order valence-electron chi connectivity index (χ2n) is 3.03. The number of rotatable bonds is 3. The molecule has 0 saturated carbocycles. The van der Waals surface area contributed by atoms with Crippen molar-refractivity contribution in [1.82, 2.24) is 10.3 Å². The highest BCUT2D eigenvalue weighted by Crippen LogP contribution is 2.28. The maximum Gasteiger partial charge on any atom is 0.417 e. The van der Waals surface area contributed by atoms with Crippen molar-refractivity contribution in [2.75, 3.05) is 18.5 Å². The molecule has 0 aliphatic carbocycles. The number of nitrogens with one attached hydrogen (secondary N) is 2. The first-order valence-corrected chi connectivity index (χ1v) is 5.03. The highest BCUT2D eigenvalue weighted by atomic mass is 32.1. The standard InChI is InChI=1S/C9H10F3N3OS/c10-9(11,12)6-1-2-7(14-5-6)15-8(17)13-3-4-16/h1-2,5,16H,3-4H2,(H2,13,14,15,17). The number of thiocarbonyl (C=S) groups is 1. The van der Waals surface area contributed by atoms with Crippen molar-refractivity contribution in [3.05, 3.63) is 23.9 Å². The van der Waals surface area contributed by atoms with Crippen LogP contribution >= 0.6 is 12.2 Å². The average Bonchev–Trinajstić information content (AvgIpc) is 2.26. The lowest BCUT2D eigenvalue weighted by atomic mass is 10.3. The van der Waals surface area contributed by atoms with E-state index in [0.29, 0.717) is 0 Å². The number of halogens is 3. The van der Waals surface area contributed by atoms with E-state index in [1.165, 1.54) is 6.07 Å². The van der Waals surface area contributed by atoms with E-state index in [1.807, 2.05) is 0 Å². The second kappa shape index (κ2) is 5.78. The summed E-state index contributed by atoms with van der Waals surface area (Å²) in [5.41, 5.74) is -0.822. The Labute approximate surface area is 101 Å². The summed E-state index contributed by atoms with van der Waals surface area (Å²) in [5.74, 6) is 0.202. The van der Waals surface area contributed by atoms with E-state index in [0.717, 1.165) is 12.3 Å². The van der Waals surface area contributed by atoms with Gasteiger partial charge in [-0.15, -0.1) is 0 Å². The molecule has 0 saturated heterocycles. The minimum atomic E-state index is -4.40. The molecular formula is C9H10F3N3OS. The van der Waals surface area contributed by atoms with Gasteiger partial charge in [-0.05, 0) is 24.4 Å².